The molecule has 3 heteroatoms. The molecule has 3 rings (SSSR count). The van der Waals surface area contributed by atoms with E-state index < -0.39 is 0 Å². The number of rotatable bonds is 6. The first kappa shape index (κ1) is 14.9. The van der Waals surface area contributed by atoms with Crippen LogP contribution in [-0.4, -0.2) is 25.3 Å². The second-order valence-electron chi connectivity index (χ2n) is 5.75. The largest absolute Gasteiger partial charge is 0.486 e. The van der Waals surface area contributed by atoms with Gasteiger partial charge in [0.2, 0.25) is 0 Å². The van der Waals surface area contributed by atoms with Crippen LogP contribution < -0.4 is 14.8 Å². The van der Waals surface area contributed by atoms with Gasteiger partial charge in [0.25, 0.3) is 0 Å². The zero-order valence-electron chi connectivity index (χ0n) is 13.0. The van der Waals surface area contributed by atoms with Gasteiger partial charge in [-0.1, -0.05) is 42.5 Å². The predicted molar refractivity (Wildman–Crippen MR) is 88.6 cm³/mol. The molecule has 1 aliphatic rings. The highest BCUT2D eigenvalue weighted by Crippen LogP contribution is 2.31. The smallest absolute Gasteiger partial charge is 0.161 e. The number of fused-ring (bicyclic) bond motifs is 1. The summed E-state index contributed by atoms with van der Waals surface area (Å²) in [5.74, 6) is 1.69. The zero-order valence-corrected chi connectivity index (χ0v) is 13.0. The van der Waals surface area contributed by atoms with Crippen molar-refractivity contribution in [2.75, 3.05) is 13.2 Å². The van der Waals surface area contributed by atoms with Gasteiger partial charge < -0.3 is 14.8 Å². The minimum atomic E-state index is 0.0617. The summed E-state index contributed by atoms with van der Waals surface area (Å²) in [7, 11) is 0. The maximum Gasteiger partial charge on any atom is 0.161 e. The highest BCUT2D eigenvalue weighted by atomic mass is 16.6. The summed E-state index contributed by atoms with van der Waals surface area (Å²) in [4.78, 5) is 0. The fourth-order valence-corrected chi connectivity index (χ4v) is 2.68. The van der Waals surface area contributed by atoms with Crippen LogP contribution >= 0.6 is 0 Å². The van der Waals surface area contributed by atoms with Gasteiger partial charge in [0.1, 0.15) is 12.7 Å². The van der Waals surface area contributed by atoms with E-state index in [1.165, 1.54) is 5.56 Å². The lowest BCUT2D eigenvalue weighted by molar-refractivity contribution is 0.0667. The standard InChI is InChI=1S/C19H23NO2/c1-15(20-13-7-10-16-8-3-2-4-9-16)19-14-21-17-11-5-6-12-18(17)22-19/h2-6,8-9,11-12,15,19-20H,7,10,13-14H2,1H3/t15-,19-/m1/s1. The summed E-state index contributed by atoms with van der Waals surface area (Å²) in [6, 6.07) is 18.7. The van der Waals surface area contributed by atoms with E-state index in [0.717, 1.165) is 30.9 Å². The molecule has 0 saturated carbocycles. The Morgan fingerprint density at radius 1 is 1.05 bits per heavy atom. The number of aryl methyl sites for hydroxylation is 1. The molecule has 0 fully saturated rings. The summed E-state index contributed by atoms with van der Waals surface area (Å²) in [5, 5.41) is 3.55. The number of ether oxygens (including phenoxy) is 2. The lowest BCUT2D eigenvalue weighted by atomic mass is 10.1. The fraction of sp³-hybridized carbons (Fsp3) is 0.368. The van der Waals surface area contributed by atoms with Crippen molar-refractivity contribution in [2.24, 2.45) is 0 Å². The monoisotopic (exact) mass is 297 g/mol. The van der Waals surface area contributed by atoms with Crippen LogP contribution in [-0.2, 0) is 6.42 Å². The van der Waals surface area contributed by atoms with E-state index in [1.54, 1.807) is 0 Å². The van der Waals surface area contributed by atoms with Crippen LogP contribution in [0.25, 0.3) is 0 Å². The number of hydrogen-bond donors (Lipinski definition) is 1. The van der Waals surface area contributed by atoms with Gasteiger partial charge in [0.15, 0.2) is 11.5 Å². The van der Waals surface area contributed by atoms with Crippen LogP contribution in [0.3, 0.4) is 0 Å². The normalized spacial score (nSPS) is 18.0. The van der Waals surface area contributed by atoms with Gasteiger partial charge in [-0.2, -0.15) is 0 Å². The molecule has 0 aromatic heterocycles. The molecule has 0 spiro atoms. The molecule has 116 valence electrons. The van der Waals surface area contributed by atoms with Gasteiger partial charge in [0, 0.05) is 6.04 Å². The third-order valence-electron chi connectivity index (χ3n) is 4.04. The van der Waals surface area contributed by atoms with Crippen LogP contribution in [0.1, 0.15) is 18.9 Å². The Morgan fingerprint density at radius 3 is 2.59 bits per heavy atom. The van der Waals surface area contributed by atoms with Gasteiger partial charge >= 0.3 is 0 Å². The summed E-state index contributed by atoms with van der Waals surface area (Å²) in [5.41, 5.74) is 1.39. The fourth-order valence-electron chi connectivity index (χ4n) is 2.68. The second-order valence-corrected chi connectivity index (χ2v) is 5.75. The number of hydrogen-bond acceptors (Lipinski definition) is 3. The first-order valence-electron chi connectivity index (χ1n) is 7.99. The molecule has 3 nitrogen and oxygen atoms in total. The molecule has 22 heavy (non-hydrogen) atoms. The number of benzene rings is 2. The zero-order chi connectivity index (χ0) is 15.2. The molecule has 2 atom stereocenters. The molecule has 0 unspecified atom stereocenters. The Kier molecular flexibility index (Phi) is 4.96. The topological polar surface area (TPSA) is 30.5 Å². The lowest BCUT2D eigenvalue weighted by Gasteiger charge is -2.31. The maximum atomic E-state index is 6.02. The molecule has 2 aromatic rings. The molecule has 0 amide bonds. The van der Waals surface area contributed by atoms with E-state index >= 15 is 0 Å². The van der Waals surface area contributed by atoms with E-state index in [9.17, 15) is 0 Å². The Bertz CT molecular complexity index is 585. The SMILES string of the molecule is C[C@@H](NCCCc1ccccc1)[C@H]1COc2ccccc2O1. The third-order valence-corrected chi connectivity index (χ3v) is 4.04. The maximum absolute atomic E-state index is 6.02. The lowest BCUT2D eigenvalue weighted by Crippen LogP contribution is -2.46. The first-order chi connectivity index (χ1) is 10.8. The van der Waals surface area contributed by atoms with Crippen LogP contribution in [0.15, 0.2) is 54.6 Å². The number of nitrogens with one attached hydrogen (secondary N) is 1. The van der Waals surface area contributed by atoms with Gasteiger partial charge in [-0.15, -0.1) is 0 Å². The Hall–Kier alpha value is -2.00. The second kappa shape index (κ2) is 7.32. The van der Waals surface area contributed by atoms with Crippen molar-refractivity contribution >= 4 is 0 Å². The van der Waals surface area contributed by atoms with Crippen molar-refractivity contribution in [3.8, 4) is 11.5 Å². The van der Waals surface area contributed by atoms with Gasteiger partial charge in [-0.3, -0.25) is 0 Å². The van der Waals surface area contributed by atoms with E-state index in [-0.39, 0.29) is 12.1 Å². The first-order valence-corrected chi connectivity index (χ1v) is 7.99. The average molecular weight is 297 g/mol. The van der Waals surface area contributed by atoms with Crippen molar-refractivity contribution in [3.63, 3.8) is 0 Å². The van der Waals surface area contributed by atoms with Crippen molar-refractivity contribution < 1.29 is 9.47 Å². The Labute approximate surface area is 132 Å². The van der Waals surface area contributed by atoms with E-state index in [1.807, 2.05) is 24.3 Å². The summed E-state index contributed by atoms with van der Waals surface area (Å²) in [6.07, 6.45) is 2.29. The van der Waals surface area contributed by atoms with Crippen LogP contribution in [0.4, 0.5) is 0 Å². The van der Waals surface area contributed by atoms with E-state index in [2.05, 4.69) is 42.6 Å². The molecule has 0 aliphatic carbocycles. The predicted octanol–water partition coefficient (Wildman–Crippen LogP) is 3.44. The molecule has 1 heterocycles. The van der Waals surface area contributed by atoms with Gasteiger partial charge in [0.05, 0.1) is 0 Å². The molecule has 2 aromatic carbocycles. The molecule has 1 N–H and O–H groups in total. The summed E-state index contributed by atoms with van der Waals surface area (Å²) >= 11 is 0. The number of para-hydroxylation sites is 2. The van der Waals surface area contributed by atoms with Crippen LogP contribution in [0.5, 0.6) is 11.5 Å². The summed E-state index contributed by atoms with van der Waals surface area (Å²) < 4.78 is 11.8. The molecule has 0 radical (unpaired) electrons. The molecule has 1 aliphatic heterocycles. The van der Waals surface area contributed by atoms with Crippen molar-refractivity contribution in [1.82, 2.24) is 5.32 Å². The average Bonchev–Trinajstić information content (AvgIpc) is 2.59. The van der Waals surface area contributed by atoms with Gasteiger partial charge in [-0.05, 0) is 44.0 Å². The van der Waals surface area contributed by atoms with Gasteiger partial charge in [-0.25, -0.2) is 0 Å². The minimum Gasteiger partial charge on any atom is -0.486 e. The quantitative estimate of drug-likeness (QED) is 0.829. The van der Waals surface area contributed by atoms with Crippen molar-refractivity contribution in [1.29, 1.82) is 0 Å². The molecular formula is C19H23NO2. The molecule has 0 bridgehead atoms. The minimum absolute atomic E-state index is 0.0617. The van der Waals surface area contributed by atoms with Crippen LogP contribution in [0.2, 0.25) is 0 Å². The third kappa shape index (κ3) is 3.80. The summed E-state index contributed by atoms with van der Waals surface area (Å²) in [6.45, 7) is 3.74. The Balaban J connectivity index is 1.42. The van der Waals surface area contributed by atoms with Crippen LogP contribution in [0, 0.1) is 0 Å². The highest BCUT2D eigenvalue weighted by molar-refractivity contribution is 5.40. The van der Waals surface area contributed by atoms with E-state index in [0.29, 0.717) is 6.61 Å². The van der Waals surface area contributed by atoms with E-state index in [4.69, 9.17) is 9.47 Å². The van der Waals surface area contributed by atoms with Crippen molar-refractivity contribution in [3.05, 3.63) is 60.2 Å². The molecule has 0 saturated heterocycles. The molecular weight excluding hydrogens is 274 g/mol. The highest BCUT2D eigenvalue weighted by Gasteiger charge is 2.25. The van der Waals surface area contributed by atoms with Crippen molar-refractivity contribution in [2.45, 2.75) is 31.9 Å². The Morgan fingerprint density at radius 2 is 1.77 bits per heavy atom.